The first-order valence-corrected chi connectivity index (χ1v) is 9.42. The van der Waals surface area contributed by atoms with Gasteiger partial charge in [0.05, 0.1) is 18.1 Å². The van der Waals surface area contributed by atoms with Crippen LogP contribution in [-0.2, 0) is 14.6 Å². The molecule has 6 nitrogen and oxygen atoms in total. The molecule has 2 atom stereocenters. The molecule has 1 fully saturated rings. The van der Waals surface area contributed by atoms with Crippen LogP contribution in [0.4, 0.5) is 0 Å². The number of carbonyl (C=O) groups excluding carboxylic acids is 1. The minimum atomic E-state index is -3.05. The van der Waals surface area contributed by atoms with E-state index in [-0.39, 0.29) is 42.5 Å². The molecule has 1 rings (SSSR count). The van der Waals surface area contributed by atoms with Gasteiger partial charge in [-0.25, -0.2) is 8.42 Å². The van der Waals surface area contributed by atoms with E-state index in [9.17, 15) is 13.2 Å². The van der Waals surface area contributed by atoms with Crippen molar-refractivity contribution in [3.05, 3.63) is 0 Å². The van der Waals surface area contributed by atoms with Crippen molar-refractivity contribution < 1.29 is 18.3 Å². The number of sulfone groups is 1. The third kappa shape index (κ3) is 5.92. The molecule has 0 bridgehead atoms. The lowest BCUT2D eigenvalue weighted by molar-refractivity contribution is -0.134. The third-order valence-electron chi connectivity index (χ3n) is 3.91. The summed E-state index contributed by atoms with van der Waals surface area (Å²) >= 11 is 0. The number of aliphatic hydroxyl groups is 1. The molecule has 0 aliphatic carbocycles. The van der Waals surface area contributed by atoms with E-state index >= 15 is 0 Å². The number of hydrogen-bond donors (Lipinski definition) is 2. The number of nitrogens with zero attached hydrogens (tertiary/aromatic N) is 1. The molecular formula is C14H28N2O4S. The van der Waals surface area contributed by atoms with Crippen LogP contribution >= 0.6 is 0 Å². The average Bonchev–Trinajstić information content (AvgIpc) is 2.74. The standard InChI is InChI=1S/C14H28N2O4S/c1-11(2)7-12(9-15)8-14(18)16(4-5-17)13-3-6-21(19,20)10-13/h11-13,17H,3-10,15H2,1-2H3. The quantitative estimate of drug-likeness (QED) is 0.656. The monoisotopic (exact) mass is 320 g/mol. The molecule has 124 valence electrons. The zero-order valence-corrected chi connectivity index (χ0v) is 13.8. The Morgan fingerprint density at radius 1 is 1.43 bits per heavy atom. The predicted molar refractivity (Wildman–Crippen MR) is 82.5 cm³/mol. The number of aliphatic hydroxyl groups excluding tert-OH is 1. The summed E-state index contributed by atoms with van der Waals surface area (Å²) in [6.45, 7) is 4.65. The van der Waals surface area contributed by atoms with Gasteiger partial charge in [-0.1, -0.05) is 13.8 Å². The number of carbonyl (C=O) groups is 1. The molecule has 1 amide bonds. The Balaban J connectivity index is 2.69. The van der Waals surface area contributed by atoms with Gasteiger partial charge in [-0.15, -0.1) is 0 Å². The Labute approximate surface area is 127 Å². The first-order chi connectivity index (χ1) is 9.79. The summed E-state index contributed by atoms with van der Waals surface area (Å²) in [7, 11) is -3.05. The fourth-order valence-corrected chi connectivity index (χ4v) is 4.66. The van der Waals surface area contributed by atoms with E-state index in [2.05, 4.69) is 13.8 Å². The SMILES string of the molecule is CC(C)CC(CN)CC(=O)N(CCO)C1CCS(=O)(=O)C1. The highest BCUT2D eigenvalue weighted by Crippen LogP contribution is 2.21. The Hall–Kier alpha value is -0.660. The second-order valence-corrected chi connectivity index (χ2v) is 8.53. The molecule has 0 radical (unpaired) electrons. The molecular weight excluding hydrogens is 292 g/mol. The van der Waals surface area contributed by atoms with Gasteiger partial charge in [0.1, 0.15) is 0 Å². The fraction of sp³-hybridized carbons (Fsp3) is 0.929. The number of nitrogens with two attached hydrogens (primary N) is 1. The molecule has 3 N–H and O–H groups in total. The van der Waals surface area contributed by atoms with Gasteiger partial charge in [0.2, 0.25) is 5.91 Å². The van der Waals surface area contributed by atoms with Crippen LogP contribution in [0.1, 0.15) is 33.1 Å². The Morgan fingerprint density at radius 2 is 2.10 bits per heavy atom. The normalized spacial score (nSPS) is 22.4. The Kier molecular flexibility index (Phi) is 7.09. The lowest BCUT2D eigenvalue weighted by Gasteiger charge is -2.29. The van der Waals surface area contributed by atoms with Gasteiger partial charge in [-0.05, 0) is 31.2 Å². The summed E-state index contributed by atoms with van der Waals surface area (Å²) in [6, 6.07) is -0.299. The van der Waals surface area contributed by atoms with Crippen LogP contribution in [0.5, 0.6) is 0 Å². The van der Waals surface area contributed by atoms with Crippen LogP contribution in [0.25, 0.3) is 0 Å². The van der Waals surface area contributed by atoms with E-state index < -0.39 is 9.84 Å². The van der Waals surface area contributed by atoms with Gasteiger partial charge in [0, 0.05) is 19.0 Å². The topological polar surface area (TPSA) is 101 Å². The summed E-state index contributed by atoms with van der Waals surface area (Å²) < 4.78 is 23.2. The maximum absolute atomic E-state index is 12.4. The van der Waals surface area contributed by atoms with Gasteiger partial charge >= 0.3 is 0 Å². The molecule has 0 saturated carbocycles. The molecule has 1 heterocycles. The van der Waals surface area contributed by atoms with Crippen molar-refractivity contribution in [1.82, 2.24) is 4.90 Å². The summed E-state index contributed by atoms with van der Waals surface area (Å²) in [5, 5.41) is 9.14. The molecule has 2 unspecified atom stereocenters. The minimum absolute atomic E-state index is 0.0101. The largest absolute Gasteiger partial charge is 0.395 e. The van der Waals surface area contributed by atoms with E-state index in [1.165, 1.54) is 4.90 Å². The van der Waals surface area contributed by atoms with Crippen molar-refractivity contribution in [1.29, 1.82) is 0 Å². The van der Waals surface area contributed by atoms with Crippen molar-refractivity contribution in [3.63, 3.8) is 0 Å². The highest BCUT2D eigenvalue weighted by molar-refractivity contribution is 7.91. The van der Waals surface area contributed by atoms with Crippen molar-refractivity contribution in [3.8, 4) is 0 Å². The van der Waals surface area contributed by atoms with E-state index in [1.807, 2.05) is 0 Å². The van der Waals surface area contributed by atoms with Crippen molar-refractivity contribution in [2.24, 2.45) is 17.6 Å². The van der Waals surface area contributed by atoms with Gasteiger partial charge in [0.15, 0.2) is 9.84 Å². The van der Waals surface area contributed by atoms with E-state index in [4.69, 9.17) is 10.8 Å². The molecule has 1 aliphatic rings. The number of rotatable bonds is 8. The maximum Gasteiger partial charge on any atom is 0.223 e. The van der Waals surface area contributed by atoms with Gasteiger partial charge < -0.3 is 15.7 Å². The molecule has 0 aromatic carbocycles. The lowest BCUT2D eigenvalue weighted by atomic mass is 9.93. The van der Waals surface area contributed by atoms with E-state index in [1.54, 1.807) is 0 Å². The van der Waals surface area contributed by atoms with E-state index in [0.29, 0.717) is 25.3 Å². The van der Waals surface area contributed by atoms with Crippen molar-refractivity contribution >= 4 is 15.7 Å². The molecule has 0 aromatic heterocycles. The summed E-state index contributed by atoms with van der Waals surface area (Å²) in [6.07, 6.45) is 1.66. The Morgan fingerprint density at radius 3 is 2.52 bits per heavy atom. The summed E-state index contributed by atoms with van der Waals surface area (Å²) in [5.41, 5.74) is 5.72. The predicted octanol–water partition coefficient (Wildman–Crippen LogP) is 0.00550. The van der Waals surface area contributed by atoms with Crippen LogP contribution < -0.4 is 5.73 Å². The maximum atomic E-state index is 12.4. The first kappa shape index (κ1) is 18.4. The second-order valence-electron chi connectivity index (χ2n) is 6.30. The first-order valence-electron chi connectivity index (χ1n) is 7.60. The van der Waals surface area contributed by atoms with Crippen LogP contribution in [0.2, 0.25) is 0 Å². The number of amides is 1. The van der Waals surface area contributed by atoms with Crippen LogP contribution in [0, 0.1) is 11.8 Å². The molecule has 1 saturated heterocycles. The molecule has 1 aliphatic heterocycles. The summed E-state index contributed by atoms with van der Waals surface area (Å²) in [5.74, 6) is 0.610. The number of hydrogen-bond acceptors (Lipinski definition) is 5. The van der Waals surface area contributed by atoms with Gasteiger partial charge in [-0.3, -0.25) is 4.79 Å². The van der Waals surface area contributed by atoms with Gasteiger partial charge in [0.25, 0.3) is 0 Å². The zero-order valence-electron chi connectivity index (χ0n) is 13.0. The third-order valence-corrected chi connectivity index (χ3v) is 5.66. The van der Waals surface area contributed by atoms with Crippen molar-refractivity contribution in [2.75, 3.05) is 31.2 Å². The highest BCUT2D eigenvalue weighted by Gasteiger charge is 2.34. The average molecular weight is 320 g/mol. The summed E-state index contributed by atoms with van der Waals surface area (Å²) in [4.78, 5) is 14.0. The molecule has 0 aromatic rings. The Bertz CT molecular complexity index is 436. The zero-order chi connectivity index (χ0) is 16.0. The fourth-order valence-electron chi connectivity index (χ4n) is 2.93. The van der Waals surface area contributed by atoms with E-state index in [0.717, 1.165) is 6.42 Å². The second kappa shape index (κ2) is 8.10. The molecule has 0 spiro atoms. The lowest BCUT2D eigenvalue weighted by Crippen LogP contribution is -2.44. The highest BCUT2D eigenvalue weighted by atomic mass is 32.2. The molecule has 7 heteroatoms. The smallest absolute Gasteiger partial charge is 0.223 e. The molecule has 21 heavy (non-hydrogen) atoms. The van der Waals surface area contributed by atoms with Crippen molar-refractivity contribution in [2.45, 2.75) is 39.2 Å². The van der Waals surface area contributed by atoms with Gasteiger partial charge in [-0.2, -0.15) is 0 Å². The van der Waals surface area contributed by atoms with Crippen LogP contribution in [0.15, 0.2) is 0 Å². The van der Waals surface area contributed by atoms with Crippen LogP contribution in [0.3, 0.4) is 0 Å². The minimum Gasteiger partial charge on any atom is -0.395 e. The van der Waals surface area contributed by atoms with Crippen LogP contribution in [-0.4, -0.2) is 61.6 Å².